The van der Waals surface area contributed by atoms with Crippen LogP contribution in [-0.4, -0.2) is 9.97 Å². The first-order valence-corrected chi connectivity index (χ1v) is 8.00. The number of benzene rings is 1. The molecule has 1 aromatic carbocycles. The predicted molar refractivity (Wildman–Crippen MR) is 82.9 cm³/mol. The lowest BCUT2D eigenvalue weighted by molar-refractivity contribution is 0.454. The monoisotopic (exact) mass is 283 g/mol. The standard InChI is InChI=1S/C16H17N3S/c1-2-6-14-12(4-1)13-5-3-7-15(16(13)19-14)18-9-11-8-17-10-20-11/h1-2,4,6,8,10,15,18-19H,3,5,7,9H2. The first-order chi connectivity index (χ1) is 9.92. The zero-order valence-electron chi connectivity index (χ0n) is 11.2. The molecule has 2 N–H and O–H groups in total. The lowest BCUT2D eigenvalue weighted by Gasteiger charge is -2.23. The molecule has 4 rings (SSSR count). The van der Waals surface area contributed by atoms with Gasteiger partial charge in [0.25, 0.3) is 0 Å². The lowest BCUT2D eigenvalue weighted by Crippen LogP contribution is -2.24. The van der Waals surface area contributed by atoms with Crippen LogP contribution in [-0.2, 0) is 13.0 Å². The number of hydrogen-bond donors (Lipinski definition) is 2. The number of nitrogens with zero attached hydrogens (tertiary/aromatic N) is 1. The summed E-state index contributed by atoms with van der Waals surface area (Å²) in [6.07, 6.45) is 5.61. The first kappa shape index (κ1) is 12.1. The van der Waals surface area contributed by atoms with Crippen molar-refractivity contribution >= 4 is 22.2 Å². The second-order valence-electron chi connectivity index (χ2n) is 5.36. The number of hydrogen-bond acceptors (Lipinski definition) is 3. The molecule has 20 heavy (non-hydrogen) atoms. The number of aryl methyl sites for hydroxylation is 1. The van der Waals surface area contributed by atoms with Gasteiger partial charge in [-0.3, -0.25) is 4.98 Å². The lowest BCUT2D eigenvalue weighted by atomic mass is 9.92. The van der Waals surface area contributed by atoms with Crippen LogP contribution >= 0.6 is 11.3 Å². The maximum atomic E-state index is 4.14. The fourth-order valence-electron chi connectivity index (χ4n) is 3.17. The van der Waals surface area contributed by atoms with E-state index in [1.165, 1.54) is 46.3 Å². The average molecular weight is 283 g/mol. The quantitative estimate of drug-likeness (QED) is 0.767. The van der Waals surface area contributed by atoms with Crippen LogP contribution < -0.4 is 5.32 Å². The van der Waals surface area contributed by atoms with Gasteiger partial charge >= 0.3 is 0 Å². The summed E-state index contributed by atoms with van der Waals surface area (Å²) in [7, 11) is 0. The van der Waals surface area contributed by atoms with Gasteiger partial charge in [-0.25, -0.2) is 0 Å². The van der Waals surface area contributed by atoms with Gasteiger partial charge < -0.3 is 10.3 Å². The van der Waals surface area contributed by atoms with Crippen LogP contribution in [0.15, 0.2) is 36.0 Å². The molecule has 3 aromatic rings. The normalized spacial score (nSPS) is 18.3. The predicted octanol–water partition coefficient (Wildman–Crippen LogP) is 3.79. The Labute approximate surface area is 122 Å². The Bertz CT molecular complexity index is 714. The number of thiazole rings is 1. The zero-order chi connectivity index (χ0) is 13.4. The third-order valence-electron chi connectivity index (χ3n) is 4.12. The molecule has 0 spiro atoms. The second kappa shape index (κ2) is 5.04. The van der Waals surface area contributed by atoms with Crippen molar-refractivity contribution in [3.8, 4) is 0 Å². The molecule has 0 amide bonds. The first-order valence-electron chi connectivity index (χ1n) is 7.12. The van der Waals surface area contributed by atoms with Gasteiger partial charge in [0, 0.05) is 40.3 Å². The van der Waals surface area contributed by atoms with Crippen molar-refractivity contribution in [1.29, 1.82) is 0 Å². The molecular formula is C16H17N3S. The van der Waals surface area contributed by atoms with Crippen LogP contribution in [0.2, 0.25) is 0 Å². The zero-order valence-corrected chi connectivity index (χ0v) is 12.0. The summed E-state index contributed by atoms with van der Waals surface area (Å²) < 4.78 is 0. The third kappa shape index (κ3) is 2.05. The molecule has 2 heterocycles. The summed E-state index contributed by atoms with van der Waals surface area (Å²) in [4.78, 5) is 9.06. The fraction of sp³-hybridized carbons (Fsp3) is 0.312. The van der Waals surface area contributed by atoms with Gasteiger partial charge in [-0.15, -0.1) is 11.3 Å². The van der Waals surface area contributed by atoms with Gasteiger partial charge in [-0.2, -0.15) is 0 Å². The highest BCUT2D eigenvalue weighted by Crippen LogP contribution is 2.34. The van der Waals surface area contributed by atoms with Crippen molar-refractivity contribution in [2.75, 3.05) is 0 Å². The minimum atomic E-state index is 0.438. The van der Waals surface area contributed by atoms with E-state index in [0.717, 1.165) is 6.54 Å². The fourth-order valence-corrected chi connectivity index (χ4v) is 3.72. The van der Waals surface area contributed by atoms with E-state index in [9.17, 15) is 0 Å². The molecule has 2 aromatic heterocycles. The molecular weight excluding hydrogens is 266 g/mol. The van der Waals surface area contributed by atoms with Crippen molar-refractivity contribution in [2.24, 2.45) is 0 Å². The maximum Gasteiger partial charge on any atom is 0.0794 e. The van der Waals surface area contributed by atoms with Crippen LogP contribution in [0.25, 0.3) is 10.9 Å². The van der Waals surface area contributed by atoms with Gasteiger partial charge in [-0.05, 0) is 30.9 Å². The largest absolute Gasteiger partial charge is 0.357 e. The van der Waals surface area contributed by atoms with Crippen molar-refractivity contribution in [3.05, 3.63) is 52.1 Å². The number of para-hydroxylation sites is 1. The highest BCUT2D eigenvalue weighted by molar-refractivity contribution is 7.09. The number of H-pyrrole nitrogens is 1. The average Bonchev–Trinajstić information content (AvgIpc) is 3.12. The molecule has 0 aliphatic heterocycles. The maximum absolute atomic E-state index is 4.14. The summed E-state index contributed by atoms with van der Waals surface area (Å²) in [5.41, 5.74) is 6.06. The Morgan fingerprint density at radius 2 is 2.30 bits per heavy atom. The van der Waals surface area contributed by atoms with E-state index >= 15 is 0 Å². The van der Waals surface area contributed by atoms with Crippen LogP contribution in [0.3, 0.4) is 0 Å². The van der Waals surface area contributed by atoms with E-state index in [0.29, 0.717) is 6.04 Å². The smallest absolute Gasteiger partial charge is 0.0794 e. The minimum Gasteiger partial charge on any atom is -0.357 e. The summed E-state index contributed by atoms with van der Waals surface area (Å²) in [6.45, 7) is 0.907. The van der Waals surface area contributed by atoms with Crippen molar-refractivity contribution in [3.63, 3.8) is 0 Å². The van der Waals surface area contributed by atoms with Gasteiger partial charge in [0.1, 0.15) is 0 Å². The van der Waals surface area contributed by atoms with Crippen LogP contribution in [0.1, 0.15) is 35.0 Å². The summed E-state index contributed by atoms with van der Waals surface area (Å²) in [5, 5.41) is 5.08. The molecule has 0 radical (unpaired) electrons. The molecule has 0 bridgehead atoms. The van der Waals surface area contributed by atoms with Crippen molar-refractivity contribution in [2.45, 2.75) is 31.8 Å². The SMILES string of the molecule is c1ccc2c3c([nH]c2c1)C(NCc1cncs1)CCC3. The number of rotatable bonds is 3. The van der Waals surface area contributed by atoms with Crippen molar-refractivity contribution < 1.29 is 0 Å². The van der Waals surface area contributed by atoms with Crippen LogP contribution in [0, 0.1) is 0 Å². The Morgan fingerprint density at radius 3 is 3.20 bits per heavy atom. The molecule has 1 aliphatic rings. The Morgan fingerprint density at radius 1 is 1.35 bits per heavy atom. The number of aromatic nitrogens is 2. The van der Waals surface area contributed by atoms with Gasteiger partial charge in [0.05, 0.1) is 5.51 Å². The summed E-state index contributed by atoms with van der Waals surface area (Å²) >= 11 is 1.71. The van der Waals surface area contributed by atoms with E-state index in [2.05, 4.69) is 39.6 Å². The van der Waals surface area contributed by atoms with E-state index in [1.54, 1.807) is 11.3 Å². The minimum absolute atomic E-state index is 0.438. The Hall–Kier alpha value is -1.65. The third-order valence-corrected chi connectivity index (χ3v) is 4.90. The molecule has 1 atom stereocenters. The van der Waals surface area contributed by atoms with E-state index in [-0.39, 0.29) is 0 Å². The van der Waals surface area contributed by atoms with Crippen LogP contribution in [0.4, 0.5) is 0 Å². The Balaban J connectivity index is 1.64. The Kier molecular flexibility index (Phi) is 3.05. The van der Waals surface area contributed by atoms with Gasteiger partial charge in [0.2, 0.25) is 0 Å². The van der Waals surface area contributed by atoms with Gasteiger partial charge in [-0.1, -0.05) is 18.2 Å². The topological polar surface area (TPSA) is 40.7 Å². The van der Waals surface area contributed by atoms with Gasteiger partial charge in [0.15, 0.2) is 0 Å². The summed E-state index contributed by atoms with van der Waals surface area (Å²) in [6, 6.07) is 9.08. The van der Waals surface area contributed by atoms with Crippen molar-refractivity contribution in [1.82, 2.24) is 15.3 Å². The van der Waals surface area contributed by atoms with E-state index in [1.807, 2.05) is 11.7 Å². The molecule has 1 aliphatic carbocycles. The highest BCUT2D eigenvalue weighted by atomic mass is 32.1. The molecule has 0 fully saturated rings. The molecule has 0 saturated carbocycles. The van der Waals surface area contributed by atoms with Crippen LogP contribution in [0.5, 0.6) is 0 Å². The number of fused-ring (bicyclic) bond motifs is 3. The molecule has 3 nitrogen and oxygen atoms in total. The van der Waals surface area contributed by atoms with E-state index < -0.39 is 0 Å². The molecule has 0 saturated heterocycles. The molecule has 102 valence electrons. The number of nitrogens with one attached hydrogen (secondary N) is 2. The molecule has 4 heteroatoms. The number of aromatic amines is 1. The van der Waals surface area contributed by atoms with E-state index in [4.69, 9.17) is 0 Å². The summed E-state index contributed by atoms with van der Waals surface area (Å²) in [5.74, 6) is 0. The highest BCUT2D eigenvalue weighted by Gasteiger charge is 2.23. The second-order valence-corrected chi connectivity index (χ2v) is 6.33. The molecule has 1 unspecified atom stereocenters.